The Bertz CT molecular complexity index is 712. The maximum Gasteiger partial charge on any atom is 0.263 e. The van der Waals surface area contributed by atoms with Crippen molar-refractivity contribution in [2.45, 2.75) is 19.6 Å². The van der Waals surface area contributed by atoms with Crippen molar-refractivity contribution in [2.24, 2.45) is 0 Å². The number of halogens is 1. The lowest BCUT2D eigenvalue weighted by atomic mass is 10.3. The highest BCUT2D eigenvalue weighted by Crippen LogP contribution is 2.20. The fourth-order valence-electron chi connectivity index (χ4n) is 2.35. The number of thiazole rings is 1. The lowest BCUT2D eigenvalue weighted by molar-refractivity contribution is 0.0879. The molecular formula is C17H19FN2O4S. The molecule has 1 aliphatic heterocycles. The Balaban J connectivity index is 1.59. The Hall–Kier alpha value is -2.03. The van der Waals surface area contributed by atoms with Gasteiger partial charge in [0.15, 0.2) is 0 Å². The Morgan fingerprint density at radius 3 is 2.68 bits per heavy atom. The van der Waals surface area contributed by atoms with Gasteiger partial charge in [-0.3, -0.25) is 4.79 Å². The van der Waals surface area contributed by atoms with Gasteiger partial charge < -0.3 is 19.5 Å². The maximum atomic E-state index is 12.9. The molecule has 0 aliphatic carbocycles. The standard InChI is InChI=1S/C17H19FN2O4S/c1-11-16(17(21)20-13-8-22-6-7-23-9-13)25-15(19-11)10-24-14-4-2-12(18)3-5-14/h2-5,13H,6-10H2,1H3,(H,20,21). The van der Waals surface area contributed by atoms with E-state index in [0.29, 0.717) is 47.8 Å². The SMILES string of the molecule is Cc1nc(COc2ccc(F)cc2)sc1C(=O)NC1COCCOC1. The Morgan fingerprint density at radius 1 is 1.32 bits per heavy atom. The van der Waals surface area contributed by atoms with E-state index in [1.807, 2.05) is 0 Å². The second kappa shape index (κ2) is 8.37. The van der Waals surface area contributed by atoms with Crippen LogP contribution in [0.2, 0.25) is 0 Å². The van der Waals surface area contributed by atoms with Crippen molar-refractivity contribution >= 4 is 17.2 Å². The quantitative estimate of drug-likeness (QED) is 0.879. The van der Waals surface area contributed by atoms with Gasteiger partial charge in [-0.1, -0.05) is 0 Å². The second-order valence-corrected chi connectivity index (χ2v) is 6.67. The summed E-state index contributed by atoms with van der Waals surface area (Å²) in [5.74, 6) is 0.0398. The maximum absolute atomic E-state index is 12.9. The molecule has 2 heterocycles. The number of nitrogens with zero attached hydrogens (tertiary/aromatic N) is 1. The molecule has 0 spiro atoms. The zero-order valence-electron chi connectivity index (χ0n) is 13.8. The van der Waals surface area contributed by atoms with Crippen LogP contribution in [0.4, 0.5) is 4.39 Å². The summed E-state index contributed by atoms with van der Waals surface area (Å²) in [6, 6.07) is 5.59. The van der Waals surface area contributed by atoms with Crippen LogP contribution in [0.1, 0.15) is 20.4 Å². The molecule has 1 amide bonds. The minimum absolute atomic E-state index is 0.171. The number of benzene rings is 1. The molecule has 1 fully saturated rings. The highest BCUT2D eigenvalue weighted by molar-refractivity contribution is 7.13. The van der Waals surface area contributed by atoms with Gasteiger partial charge >= 0.3 is 0 Å². The number of carbonyl (C=O) groups is 1. The normalized spacial score (nSPS) is 15.6. The number of ether oxygens (including phenoxy) is 3. The van der Waals surface area contributed by atoms with E-state index in [9.17, 15) is 9.18 Å². The summed E-state index contributed by atoms with van der Waals surface area (Å²) in [6.45, 7) is 3.95. The fourth-order valence-corrected chi connectivity index (χ4v) is 3.23. The minimum Gasteiger partial charge on any atom is -0.486 e. The molecule has 1 aliphatic rings. The van der Waals surface area contributed by atoms with Crippen molar-refractivity contribution < 1.29 is 23.4 Å². The van der Waals surface area contributed by atoms with Crippen molar-refractivity contribution in [1.29, 1.82) is 0 Å². The average Bonchev–Trinajstić information content (AvgIpc) is 2.80. The van der Waals surface area contributed by atoms with Crippen LogP contribution < -0.4 is 10.1 Å². The Kier molecular flexibility index (Phi) is 5.95. The molecule has 25 heavy (non-hydrogen) atoms. The van der Waals surface area contributed by atoms with Crippen molar-refractivity contribution in [3.05, 3.63) is 45.7 Å². The van der Waals surface area contributed by atoms with Gasteiger partial charge in [0.25, 0.3) is 5.91 Å². The first kappa shape index (κ1) is 17.8. The van der Waals surface area contributed by atoms with Crippen LogP contribution in [-0.4, -0.2) is 43.4 Å². The largest absolute Gasteiger partial charge is 0.486 e. The zero-order chi connectivity index (χ0) is 17.6. The lowest BCUT2D eigenvalue weighted by Gasteiger charge is -2.14. The van der Waals surface area contributed by atoms with Crippen LogP contribution in [0.25, 0.3) is 0 Å². The van der Waals surface area contributed by atoms with Gasteiger partial charge in [0, 0.05) is 0 Å². The number of aromatic nitrogens is 1. The first-order valence-corrected chi connectivity index (χ1v) is 8.74. The number of hydrogen-bond donors (Lipinski definition) is 1. The van der Waals surface area contributed by atoms with Crippen LogP contribution >= 0.6 is 11.3 Å². The summed E-state index contributed by atoms with van der Waals surface area (Å²) in [5.41, 5.74) is 0.649. The van der Waals surface area contributed by atoms with Crippen molar-refractivity contribution in [1.82, 2.24) is 10.3 Å². The molecular weight excluding hydrogens is 347 g/mol. The Labute approximate surface area is 148 Å². The smallest absolute Gasteiger partial charge is 0.263 e. The number of rotatable bonds is 5. The molecule has 1 aromatic heterocycles. The topological polar surface area (TPSA) is 69.7 Å². The van der Waals surface area contributed by atoms with Crippen LogP contribution in [0, 0.1) is 12.7 Å². The van der Waals surface area contributed by atoms with Crippen LogP contribution in [0.5, 0.6) is 5.75 Å². The number of aryl methyl sites for hydroxylation is 1. The van der Waals surface area contributed by atoms with Crippen LogP contribution in [0.3, 0.4) is 0 Å². The first-order valence-electron chi connectivity index (χ1n) is 7.93. The third-order valence-electron chi connectivity index (χ3n) is 3.57. The third kappa shape index (κ3) is 4.97. The zero-order valence-corrected chi connectivity index (χ0v) is 14.6. The van der Waals surface area contributed by atoms with Crippen molar-refractivity contribution in [3.63, 3.8) is 0 Å². The minimum atomic E-state index is -0.317. The van der Waals surface area contributed by atoms with Gasteiger partial charge in [0.05, 0.1) is 38.2 Å². The number of nitrogens with one attached hydrogen (secondary N) is 1. The average molecular weight is 366 g/mol. The van der Waals surface area contributed by atoms with E-state index in [1.54, 1.807) is 19.1 Å². The van der Waals surface area contributed by atoms with E-state index in [1.165, 1.54) is 23.5 Å². The highest BCUT2D eigenvalue weighted by Gasteiger charge is 2.20. The molecule has 1 saturated heterocycles. The monoisotopic (exact) mass is 366 g/mol. The number of amides is 1. The van der Waals surface area contributed by atoms with E-state index < -0.39 is 0 Å². The third-order valence-corrected chi connectivity index (χ3v) is 4.70. The molecule has 0 bridgehead atoms. The molecule has 0 saturated carbocycles. The van der Waals surface area contributed by atoms with Gasteiger partial charge in [-0.2, -0.15) is 0 Å². The summed E-state index contributed by atoms with van der Waals surface area (Å²) in [5, 5.41) is 3.59. The molecule has 1 aromatic carbocycles. The van der Waals surface area contributed by atoms with Crippen LogP contribution in [-0.2, 0) is 16.1 Å². The van der Waals surface area contributed by atoms with Crippen molar-refractivity contribution in [3.8, 4) is 5.75 Å². The Morgan fingerprint density at radius 2 is 2.00 bits per heavy atom. The predicted molar refractivity (Wildman–Crippen MR) is 90.5 cm³/mol. The van der Waals surface area contributed by atoms with E-state index in [-0.39, 0.29) is 24.4 Å². The highest BCUT2D eigenvalue weighted by atomic mass is 32.1. The second-order valence-electron chi connectivity index (χ2n) is 5.58. The van der Waals surface area contributed by atoms with Gasteiger partial charge in [-0.25, -0.2) is 9.37 Å². The van der Waals surface area contributed by atoms with E-state index >= 15 is 0 Å². The molecule has 0 unspecified atom stereocenters. The van der Waals surface area contributed by atoms with E-state index in [4.69, 9.17) is 14.2 Å². The summed E-state index contributed by atoms with van der Waals surface area (Å²) < 4.78 is 29.2. The van der Waals surface area contributed by atoms with Gasteiger partial charge in [-0.15, -0.1) is 11.3 Å². The molecule has 0 atom stereocenters. The summed E-state index contributed by atoms with van der Waals surface area (Å²) in [6.07, 6.45) is 0. The number of carbonyl (C=O) groups excluding carboxylic acids is 1. The van der Waals surface area contributed by atoms with Crippen LogP contribution in [0.15, 0.2) is 24.3 Å². The molecule has 6 nitrogen and oxygen atoms in total. The molecule has 0 radical (unpaired) electrons. The number of hydrogen-bond acceptors (Lipinski definition) is 6. The first-order chi connectivity index (χ1) is 12.1. The lowest BCUT2D eigenvalue weighted by Crippen LogP contribution is -2.40. The molecule has 2 aromatic rings. The predicted octanol–water partition coefficient (Wildman–Crippen LogP) is 2.31. The van der Waals surface area contributed by atoms with Gasteiger partial charge in [0.1, 0.15) is 28.1 Å². The molecule has 134 valence electrons. The summed E-state index contributed by atoms with van der Waals surface area (Å²) in [7, 11) is 0. The fraction of sp³-hybridized carbons (Fsp3) is 0.412. The molecule has 1 N–H and O–H groups in total. The summed E-state index contributed by atoms with van der Waals surface area (Å²) in [4.78, 5) is 17.4. The molecule has 8 heteroatoms. The van der Waals surface area contributed by atoms with Crippen molar-refractivity contribution in [2.75, 3.05) is 26.4 Å². The van der Waals surface area contributed by atoms with E-state index in [0.717, 1.165) is 0 Å². The van der Waals surface area contributed by atoms with Gasteiger partial charge in [0.2, 0.25) is 0 Å². The molecule has 3 rings (SSSR count). The summed E-state index contributed by atoms with van der Waals surface area (Å²) >= 11 is 1.28. The van der Waals surface area contributed by atoms with E-state index in [2.05, 4.69) is 10.3 Å². The van der Waals surface area contributed by atoms with Gasteiger partial charge in [-0.05, 0) is 31.2 Å².